The predicted octanol–water partition coefficient (Wildman–Crippen LogP) is 3.31. The van der Waals surface area contributed by atoms with Crippen molar-refractivity contribution in [3.05, 3.63) is 19.8 Å². The molecule has 1 fully saturated rings. The van der Waals surface area contributed by atoms with Crippen LogP contribution in [0.15, 0.2) is 10.5 Å². The first-order valence-electron chi connectivity index (χ1n) is 6.09. The van der Waals surface area contributed by atoms with Gasteiger partial charge in [0.1, 0.15) is 4.34 Å². The number of hydrogen-bond donors (Lipinski definition) is 2. The molecule has 1 aliphatic carbocycles. The molecule has 0 unspecified atom stereocenters. The number of carbonyl (C=O) groups excluding carboxylic acids is 1. The maximum Gasteiger partial charge on any atom is 0.220 e. The van der Waals surface area contributed by atoms with E-state index in [0.29, 0.717) is 12.5 Å². The zero-order valence-electron chi connectivity index (χ0n) is 9.97. The van der Waals surface area contributed by atoms with E-state index in [4.69, 9.17) is 11.6 Å². The minimum atomic E-state index is 0.182. The molecular weight excluding hydrogens is 336 g/mol. The molecule has 0 saturated heterocycles. The van der Waals surface area contributed by atoms with Crippen molar-refractivity contribution in [3.8, 4) is 0 Å². The summed E-state index contributed by atoms with van der Waals surface area (Å²) in [6.45, 7) is 1.66. The van der Waals surface area contributed by atoms with E-state index >= 15 is 0 Å². The number of hydrogen-bond acceptors (Lipinski definition) is 3. The van der Waals surface area contributed by atoms with E-state index in [0.717, 1.165) is 41.2 Å². The highest BCUT2D eigenvalue weighted by Crippen LogP contribution is 2.31. The van der Waals surface area contributed by atoms with Gasteiger partial charge < -0.3 is 10.6 Å². The smallest absolute Gasteiger partial charge is 0.220 e. The first-order chi connectivity index (χ1) is 8.65. The Morgan fingerprint density at radius 2 is 2.33 bits per heavy atom. The fourth-order valence-corrected chi connectivity index (χ4v) is 3.35. The quantitative estimate of drug-likeness (QED) is 0.740. The van der Waals surface area contributed by atoms with Gasteiger partial charge in [-0.15, -0.1) is 11.3 Å². The number of rotatable bonds is 7. The van der Waals surface area contributed by atoms with Crippen LogP contribution in [-0.4, -0.2) is 18.5 Å². The molecule has 1 amide bonds. The Labute approximate surface area is 124 Å². The normalized spacial score (nSPS) is 14.8. The van der Waals surface area contributed by atoms with E-state index in [1.54, 1.807) is 11.3 Å². The molecular formula is C12H16BrClN2OS. The Hall–Kier alpha value is -0.100. The number of amides is 1. The summed E-state index contributed by atoms with van der Waals surface area (Å²) in [5.74, 6) is 0.182. The van der Waals surface area contributed by atoms with Gasteiger partial charge in [0.05, 0.1) is 0 Å². The lowest BCUT2D eigenvalue weighted by molar-refractivity contribution is -0.121. The lowest BCUT2D eigenvalue weighted by Gasteiger charge is -2.04. The summed E-state index contributed by atoms with van der Waals surface area (Å²) < 4.78 is 1.74. The lowest BCUT2D eigenvalue weighted by atomic mass is 10.3. The minimum absolute atomic E-state index is 0.182. The van der Waals surface area contributed by atoms with E-state index in [1.807, 2.05) is 6.07 Å². The van der Waals surface area contributed by atoms with Crippen molar-refractivity contribution in [2.45, 2.75) is 38.3 Å². The summed E-state index contributed by atoms with van der Waals surface area (Å²) in [4.78, 5) is 12.6. The molecule has 0 spiro atoms. The third-order valence-electron chi connectivity index (χ3n) is 2.70. The molecule has 0 atom stereocenters. The molecule has 1 saturated carbocycles. The standard InChI is InChI=1S/C12H16BrClN2OS/c13-10-6-9(18-12(10)14)7-15-5-1-2-11(17)16-8-3-4-8/h6,8,15H,1-5,7H2,(H,16,17). The molecule has 18 heavy (non-hydrogen) atoms. The van der Waals surface area contributed by atoms with Crippen LogP contribution in [0.1, 0.15) is 30.6 Å². The van der Waals surface area contributed by atoms with Gasteiger partial charge in [0.25, 0.3) is 0 Å². The van der Waals surface area contributed by atoms with E-state index in [9.17, 15) is 4.79 Å². The van der Waals surface area contributed by atoms with E-state index in [2.05, 4.69) is 26.6 Å². The van der Waals surface area contributed by atoms with Gasteiger partial charge in [-0.05, 0) is 47.8 Å². The second-order valence-electron chi connectivity index (χ2n) is 4.46. The summed E-state index contributed by atoms with van der Waals surface area (Å²) >= 11 is 10.9. The largest absolute Gasteiger partial charge is 0.353 e. The molecule has 1 aromatic rings. The van der Waals surface area contributed by atoms with Crippen LogP contribution in [-0.2, 0) is 11.3 Å². The fraction of sp³-hybridized carbons (Fsp3) is 0.583. The van der Waals surface area contributed by atoms with Crippen molar-refractivity contribution in [1.29, 1.82) is 0 Å². The third kappa shape index (κ3) is 4.88. The summed E-state index contributed by atoms with van der Waals surface area (Å²) in [5, 5.41) is 6.30. The van der Waals surface area contributed by atoms with Crippen molar-refractivity contribution >= 4 is 44.8 Å². The zero-order chi connectivity index (χ0) is 13.0. The molecule has 1 aromatic heterocycles. The number of nitrogens with one attached hydrogen (secondary N) is 2. The first-order valence-corrected chi connectivity index (χ1v) is 8.07. The average molecular weight is 352 g/mol. The van der Waals surface area contributed by atoms with Crippen LogP contribution in [0.4, 0.5) is 0 Å². The highest BCUT2D eigenvalue weighted by molar-refractivity contribution is 9.10. The van der Waals surface area contributed by atoms with Gasteiger partial charge in [-0.25, -0.2) is 0 Å². The van der Waals surface area contributed by atoms with Crippen molar-refractivity contribution in [1.82, 2.24) is 10.6 Å². The van der Waals surface area contributed by atoms with Crippen LogP contribution in [0.3, 0.4) is 0 Å². The Morgan fingerprint density at radius 1 is 1.56 bits per heavy atom. The van der Waals surface area contributed by atoms with Crippen molar-refractivity contribution < 1.29 is 4.79 Å². The van der Waals surface area contributed by atoms with Crippen LogP contribution >= 0.6 is 38.9 Å². The van der Waals surface area contributed by atoms with E-state index in [-0.39, 0.29) is 5.91 Å². The average Bonchev–Trinajstić information content (AvgIpc) is 3.06. The van der Waals surface area contributed by atoms with Gasteiger partial charge in [0.2, 0.25) is 5.91 Å². The Morgan fingerprint density at radius 3 is 2.94 bits per heavy atom. The topological polar surface area (TPSA) is 41.1 Å². The van der Waals surface area contributed by atoms with Gasteiger partial charge in [-0.2, -0.15) is 0 Å². The first kappa shape index (κ1) is 14.3. The van der Waals surface area contributed by atoms with Crippen LogP contribution in [0.2, 0.25) is 4.34 Å². The van der Waals surface area contributed by atoms with Crippen molar-refractivity contribution in [2.24, 2.45) is 0 Å². The number of carbonyl (C=O) groups is 1. The predicted molar refractivity (Wildman–Crippen MR) is 79.1 cm³/mol. The molecule has 0 aromatic carbocycles. The van der Waals surface area contributed by atoms with Crippen LogP contribution in [0, 0.1) is 0 Å². The number of thiophene rings is 1. The van der Waals surface area contributed by atoms with Gasteiger partial charge in [0.15, 0.2) is 0 Å². The number of halogens is 2. The molecule has 0 radical (unpaired) electrons. The van der Waals surface area contributed by atoms with Gasteiger partial charge in [0, 0.05) is 28.4 Å². The lowest BCUT2D eigenvalue weighted by Crippen LogP contribution is -2.26. The molecule has 6 heteroatoms. The molecule has 0 aliphatic heterocycles. The second kappa shape index (κ2) is 6.89. The van der Waals surface area contributed by atoms with E-state index in [1.165, 1.54) is 4.88 Å². The highest BCUT2D eigenvalue weighted by Gasteiger charge is 2.22. The van der Waals surface area contributed by atoms with Gasteiger partial charge in [-0.3, -0.25) is 4.79 Å². The van der Waals surface area contributed by atoms with Crippen molar-refractivity contribution in [2.75, 3.05) is 6.54 Å². The molecule has 1 heterocycles. The highest BCUT2D eigenvalue weighted by atomic mass is 79.9. The van der Waals surface area contributed by atoms with Gasteiger partial charge in [-0.1, -0.05) is 11.6 Å². The maximum atomic E-state index is 11.4. The molecule has 2 rings (SSSR count). The Kier molecular flexibility index (Phi) is 5.48. The van der Waals surface area contributed by atoms with Crippen LogP contribution in [0.25, 0.3) is 0 Å². The monoisotopic (exact) mass is 350 g/mol. The fourth-order valence-electron chi connectivity index (χ4n) is 1.59. The SMILES string of the molecule is O=C(CCCNCc1cc(Br)c(Cl)s1)NC1CC1. The van der Waals surface area contributed by atoms with Gasteiger partial charge >= 0.3 is 0 Å². The molecule has 1 aliphatic rings. The Bertz CT molecular complexity index is 401. The zero-order valence-corrected chi connectivity index (χ0v) is 13.1. The van der Waals surface area contributed by atoms with Crippen molar-refractivity contribution in [3.63, 3.8) is 0 Å². The summed E-state index contributed by atoms with van der Waals surface area (Å²) in [6.07, 6.45) is 3.78. The Balaban J connectivity index is 1.54. The molecule has 2 N–H and O–H groups in total. The summed E-state index contributed by atoms with van der Waals surface area (Å²) in [5.41, 5.74) is 0. The maximum absolute atomic E-state index is 11.4. The second-order valence-corrected chi connectivity index (χ2v) is 7.05. The molecule has 100 valence electrons. The summed E-state index contributed by atoms with van der Waals surface area (Å²) in [7, 11) is 0. The summed E-state index contributed by atoms with van der Waals surface area (Å²) in [6, 6.07) is 2.50. The third-order valence-corrected chi connectivity index (χ3v) is 5.17. The van der Waals surface area contributed by atoms with Crippen LogP contribution in [0.5, 0.6) is 0 Å². The van der Waals surface area contributed by atoms with Crippen LogP contribution < -0.4 is 10.6 Å². The molecule has 3 nitrogen and oxygen atoms in total. The van der Waals surface area contributed by atoms with E-state index < -0.39 is 0 Å². The molecule has 0 bridgehead atoms. The minimum Gasteiger partial charge on any atom is -0.353 e.